The van der Waals surface area contributed by atoms with Crippen molar-refractivity contribution >= 4 is 5.97 Å². The highest BCUT2D eigenvalue weighted by atomic mass is 16.6. The molecule has 0 bridgehead atoms. The maximum Gasteiger partial charge on any atom is 0.338 e. The maximum atomic E-state index is 12.8. The fourth-order valence-electron chi connectivity index (χ4n) is 4.06. The van der Waals surface area contributed by atoms with Crippen molar-refractivity contribution in [3.05, 3.63) is 11.6 Å². The van der Waals surface area contributed by atoms with Gasteiger partial charge in [0.05, 0.1) is 24.4 Å². The second kappa shape index (κ2) is 13.6. The molecular weight excluding hydrogens is 416 g/mol. The molecule has 0 amide bonds. The third-order valence-corrected chi connectivity index (χ3v) is 6.90. The number of ether oxygens (including phenoxy) is 3. The van der Waals surface area contributed by atoms with E-state index in [1.54, 1.807) is 0 Å². The van der Waals surface area contributed by atoms with Crippen LogP contribution in [-0.2, 0) is 19.0 Å². The zero-order valence-electron chi connectivity index (χ0n) is 20.5. The third kappa shape index (κ3) is 8.08. The average Bonchev–Trinajstić information content (AvgIpc) is 2.77. The zero-order valence-corrected chi connectivity index (χ0v) is 20.5. The molecule has 1 aliphatic heterocycles. The molecule has 0 saturated carbocycles. The number of aliphatic hydroxyl groups excluding tert-OH is 4. The molecule has 1 heterocycles. The van der Waals surface area contributed by atoms with Gasteiger partial charge in [-0.05, 0) is 38.2 Å². The van der Waals surface area contributed by atoms with Gasteiger partial charge in [-0.25, -0.2) is 4.79 Å². The molecular formula is C24H44O8. The molecule has 1 rings (SSSR count). The second-order valence-corrected chi connectivity index (χ2v) is 9.52. The zero-order chi connectivity index (χ0) is 24.5. The summed E-state index contributed by atoms with van der Waals surface area (Å²) in [6.07, 6.45) is -0.626. The van der Waals surface area contributed by atoms with E-state index in [1.807, 2.05) is 33.8 Å². The summed E-state index contributed by atoms with van der Waals surface area (Å²) >= 11 is 0. The largest absolute Gasteiger partial charge is 0.456 e. The molecule has 32 heavy (non-hydrogen) atoms. The molecule has 0 aromatic carbocycles. The normalized spacial score (nSPS) is 34.4. The summed E-state index contributed by atoms with van der Waals surface area (Å²) in [6, 6.07) is 0. The van der Waals surface area contributed by atoms with Gasteiger partial charge in [0.15, 0.2) is 6.10 Å². The van der Waals surface area contributed by atoms with Crippen molar-refractivity contribution in [3.63, 3.8) is 0 Å². The minimum absolute atomic E-state index is 0.0264. The number of methoxy groups -OCH3 is 2. The molecule has 0 aliphatic carbocycles. The topological polar surface area (TPSA) is 126 Å². The van der Waals surface area contributed by atoms with Crippen LogP contribution in [0.15, 0.2) is 11.6 Å². The van der Waals surface area contributed by atoms with Gasteiger partial charge in [-0.2, -0.15) is 0 Å². The van der Waals surface area contributed by atoms with E-state index < -0.39 is 48.0 Å². The van der Waals surface area contributed by atoms with Gasteiger partial charge in [-0.1, -0.05) is 26.8 Å². The fraction of sp³-hybridized carbons (Fsp3) is 0.875. The minimum atomic E-state index is -1.46. The summed E-state index contributed by atoms with van der Waals surface area (Å²) in [7, 11) is 2.95. The van der Waals surface area contributed by atoms with Gasteiger partial charge < -0.3 is 34.6 Å². The van der Waals surface area contributed by atoms with E-state index in [9.17, 15) is 25.2 Å². The van der Waals surface area contributed by atoms with E-state index in [-0.39, 0.29) is 25.4 Å². The van der Waals surface area contributed by atoms with Crippen molar-refractivity contribution in [3.8, 4) is 0 Å². The number of rotatable bonds is 6. The molecule has 0 unspecified atom stereocenters. The lowest BCUT2D eigenvalue weighted by atomic mass is 9.76. The number of esters is 1. The molecule has 8 nitrogen and oxygen atoms in total. The predicted octanol–water partition coefficient (Wildman–Crippen LogP) is 1.97. The predicted molar refractivity (Wildman–Crippen MR) is 121 cm³/mol. The maximum absolute atomic E-state index is 12.8. The second-order valence-electron chi connectivity index (χ2n) is 9.52. The first kappa shape index (κ1) is 29.0. The Balaban J connectivity index is 3.29. The number of cyclic esters (lactones) is 1. The Kier molecular flexibility index (Phi) is 12.3. The highest BCUT2D eigenvalue weighted by Crippen LogP contribution is 2.33. The quantitative estimate of drug-likeness (QED) is 0.350. The number of aliphatic hydroxyl groups is 4. The molecule has 7 atom stereocenters. The van der Waals surface area contributed by atoms with E-state index in [4.69, 9.17) is 14.2 Å². The van der Waals surface area contributed by atoms with Crippen LogP contribution in [0.1, 0.15) is 66.2 Å². The van der Waals surface area contributed by atoms with Crippen LogP contribution in [0.25, 0.3) is 0 Å². The summed E-state index contributed by atoms with van der Waals surface area (Å²) in [6.45, 7) is 7.38. The van der Waals surface area contributed by atoms with Crippen molar-refractivity contribution < 1.29 is 39.4 Å². The van der Waals surface area contributed by atoms with Gasteiger partial charge in [0.25, 0.3) is 0 Å². The fourth-order valence-corrected chi connectivity index (χ4v) is 4.06. The van der Waals surface area contributed by atoms with Crippen LogP contribution in [0.3, 0.4) is 0 Å². The van der Waals surface area contributed by atoms with E-state index in [1.165, 1.54) is 14.2 Å². The van der Waals surface area contributed by atoms with Crippen LogP contribution in [0.5, 0.6) is 0 Å². The van der Waals surface area contributed by atoms with Gasteiger partial charge in [-0.15, -0.1) is 0 Å². The lowest BCUT2D eigenvalue weighted by Crippen LogP contribution is -2.44. The smallest absolute Gasteiger partial charge is 0.338 e. The van der Waals surface area contributed by atoms with Gasteiger partial charge in [-0.3, -0.25) is 0 Å². The van der Waals surface area contributed by atoms with Gasteiger partial charge in [0.2, 0.25) is 0 Å². The van der Waals surface area contributed by atoms with Crippen LogP contribution in [0.4, 0.5) is 0 Å². The van der Waals surface area contributed by atoms with E-state index in [0.717, 1.165) is 12.0 Å². The Bertz CT molecular complexity index is 587. The lowest BCUT2D eigenvalue weighted by molar-refractivity contribution is -0.167. The standard InChI is InChI=1S/C24H44O8/c1-7-16(14-25)11-15(2)19-12-17(30-5)13-21(27)24(3,4)20(26)10-8-9-18(31-6)22(28)23(29)32-19/h11,16-22,25-28H,7-10,12-14H2,1-6H3/b15-11-/t16-,17-,18-,19+,20+,21+,22+/m1/s1. The van der Waals surface area contributed by atoms with Crippen LogP contribution >= 0.6 is 0 Å². The summed E-state index contributed by atoms with van der Waals surface area (Å²) < 4.78 is 16.6. The molecule has 188 valence electrons. The Hall–Kier alpha value is -1.03. The molecule has 1 aliphatic rings. The van der Waals surface area contributed by atoms with E-state index in [2.05, 4.69) is 0 Å². The third-order valence-electron chi connectivity index (χ3n) is 6.90. The molecule has 1 fully saturated rings. The average molecular weight is 461 g/mol. The van der Waals surface area contributed by atoms with Gasteiger partial charge >= 0.3 is 5.97 Å². The van der Waals surface area contributed by atoms with Crippen molar-refractivity contribution in [2.75, 3.05) is 20.8 Å². The van der Waals surface area contributed by atoms with Gasteiger partial charge in [0, 0.05) is 45.0 Å². The number of hydrogen-bond acceptors (Lipinski definition) is 8. The summed E-state index contributed by atoms with van der Waals surface area (Å²) in [4.78, 5) is 12.8. The van der Waals surface area contributed by atoms with Crippen LogP contribution in [0, 0.1) is 11.3 Å². The van der Waals surface area contributed by atoms with E-state index in [0.29, 0.717) is 19.3 Å². The Morgan fingerprint density at radius 2 is 1.81 bits per heavy atom. The SMILES string of the molecule is CC[C@H](/C=C(/C)[C@@H]1C[C@@H](OC)C[C@H](O)C(C)(C)[C@@H](O)CCC[C@@H](OC)[C@H](O)C(=O)O1)CO. The molecule has 0 radical (unpaired) electrons. The molecule has 1 saturated heterocycles. The van der Waals surface area contributed by atoms with Crippen LogP contribution < -0.4 is 0 Å². The van der Waals surface area contributed by atoms with Crippen molar-refractivity contribution in [2.45, 2.75) is 103 Å². The summed E-state index contributed by atoms with van der Waals surface area (Å²) in [5.41, 5.74) is -0.0353. The van der Waals surface area contributed by atoms with Crippen molar-refractivity contribution in [1.82, 2.24) is 0 Å². The van der Waals surface area contributed by atoms with Crippen LogP contribution in [-0.4, -0.2) is 83.8 Å². The monoisotopic (exact) mass is 460 g/mol. The highest BCUT2D eigenvalue weighted by Gasteiger charge is 2.38. The van der Waals surface area contributed by atoms with Crippen molar-refractivity contribution in [1.29, 1.82) is 0 Å². The molecule has 0 aromatic heterocycles. The molecule has 8 heteroatoms. The van der Waals surface area contributed by atoms with Crippen LogP contribution in [0.2, 0.25) is 0 Å². The van der Waals surface area contributed by atoms with E-state index >= 15 is 0 Å². The first-order valence-electron chi connectivity index (χ1n) is 11.6. The lowest BCUT2D eigenvalue weighted by Gasteiger charge is -2.38. The summed E-state index contributed by atoms with van der Waals surface area (Å²) in [5, 5.41) is 41.7. The Labute approximate surface area is 192 Å². The summed E-state index contributed by atoms with van der Waals surface area (Å²) in [5.74, 6) is -0.876. The van der Waals surface area contributed by atoms with Gasteiger partial charge in [0.1, 0.15) is 6.10 Å². The highest BCUT2D eigenvalue weighted by molar-refractivity contribution is 5.75. The molecule has 0 spiro atoms. The minimum Gasteiger partial charge on any atom is -0.456 e. The Morgan fingerprint density at radius 1 is 1.16 bits per heavy atom. The first-order chi connectivity index (χ1) is 15.0. The van der Waals surface area contributed by atoms with Crippen molar-refractivity contribution in [2.24, 2.45) is 11.3 Å². The molecule has 4 N–H and O–H groups in total. The molecule has 0 aromatic rings. The number of hydrogen-bond donors (Lipinski definition) is 4. The first-order valence-corrected chi connectivity index (χ1v) is 11.6. The number of carbonyl (C=O) groups is 1. The Morgan fingerprint density at radius 3 is 2.34 bits per heavy atom. The number of carbonyl (C=O) groups excluding carboxylic acids is 1.